The fourth-order valence-corrected chi connectivity index (χ4v) is 1.63. The Kier molecular flexibility index (Phi) is 12.5. The highest BCUT2D eigenvalue weighted by Gasteiger charge is 2.14. The molecule has 5 heteroatoms. The Morgan fingerprint density at radius 3 is 2.05 bits per heavy atom. The first-order valence-electron chi connectivity index (χ1n) is 6.55. The van der Waals surface area contributed by atoms with Crippen LogP contribution in [0.5, 0.6) is 5.75 Å². The zero-order valence-electron chi connectivity index (χ0n) is 13.2. The zero-order valence-corrected chi connectivity index (χ0v) is 17.5. The Bertz CT molecular complexity index is 353. The zero-order chi connectivity index (χ0) is 13.6. The molecule has 1 rings (SSSR count). The fourth-order valence-electron chi connectivity index (χ4n) is 1.63. The lowest BCUT2D eigenvalue weighted by Crippen LogP contribution is -3.00. The molecule has 0 atom stereocenters. The quantitative estimate of drug-likeness (QED) is 0.277. The van der Waals surface area contributed by atoms with E-state index in [0.717, 1.165) is 36.5 Å². The van der Waals surface area contributed by atoms with Crippen LogP contribution in [0.1, 0.15) is 5.56 Å². The van der Waals surface area contributed by atoms with E-state index in [1.165, 1.54) is 5.56 Å². The molecule has 1 aromatic carbocycles. The molecular weight excluding hydrogens is 478 g/mol. The van der Waals surface area contributed by atoms with Crippen LogP contribution in [0.25, 0.3) is 0 Å². The number of hydrogen-bond donors (Lipinski definition) is 0. The molecule has 0 saturated carbocycles. The molecule has 3 nitrogen and oxygen atoms in total. The summed E-state index contributed by atoms with van der Waals surface area (Å²) in [7, 11) is 8.73. The molecule has 0 heterocycles. The van der Waals surface area contributed by atoms with Crippen molar-refractivity contribution in [1.82, 2.24) is 4.90 Å². The monoisotopic (exact) mass is 505 g/mol. The molecular formula is C15H27I2N2O-. The molecule has 0 aliphatic rings. The smallest absolute Gasteiger partial charge is 0.137 e. The summed E-state index contributed by atoms with van der Waals surface area (Å²) < 4.78 is 6.76. The Morgan fingerprint density at radius 2 is 1.55 bits per heavy atom. The molecule has 0 amide bonds. The van der Waals surface area contributed by atoms with E-state index >= 15 is 0 Å². The van der Waals surface area contributed by atoms with Crippen LogP contribution in [-0.4, -0.2) is 63.8 Å². The van der Waals surface area contributed by atoms with Crippen molar-refractivity contribution in [3.8, 4) is 5.75 Å². The van der Waals surface area contributed by atoms with Gasteiger partial charge in [0.25, 0.3) is 0 Å². The molecule has 0 N–H and O–H groups in total. The summed E-state index contributed by atoms with van der Waals surface area (Å²) in [6, 6.07) is 8.24. The Morgan fingerprint density at radius 1 is 1.00 bits per heavy atom. The molecule has 118 valence electrons. The van der Waals surface area contributed by atoms with Gasteiger partial charge in [-0.15, -0.1) is 0 Å². The van der Waals surface area contributed by atoms with Gasteiger partial charge in [-0.3, -0.25) is 0 Å². The maximum absolute atomic E-state index is 5.77. The lowest BCUT2D eigenvalue weighted by Gasteiger charge is -2.30. The van der Waals surface area contributed by atoms with E-state index in [0.29, 0.717) is 0 Å². The SMILES string of the molecule is Cc1ccc(OCC[N+](C)(C)CCN(C)C)cc1.[I-].[I-]. The van der Waals surface area contributed by atoms with Crippen LogP contribution < -0.4 is 52.7 Å². The Hall–Kier alpha value is 0.400. The number of benzene rings is 1. The average molecular weight is 505 g/mol. The predicted molar refractivity (Wildman–Crippen MR) is 77.1 cm³/mol. The van der Waals surface area contributed by atoms with Gasteiger partial charge in [0.05, 0.1) is 20.6 Å². The van der Waals surface area contributed by atoms with Crippen molar-refractivity contribution >= 4 is 0 Å². The minimum atomic E-state index is 0. The van der Waals surface area contributed by atoms with E-state index in [4.69, 9.17) is 4.74 Å². The van der Waals surface area contributed by atoms with E-state index in [2.05, 4.69) is 52.1 Å². The third kappa shape index (κ3) is 10.2. The number of nitrogens with zero attached hydrogens (tertiary/aromatic N) is 2. The second-order valence-electron chi connectivity index (χ2n) is 5.85. The van der Waals surface area contributed by atoms with Crippen molar-refractivity contribution < 1.29 is 57.2 Å². The minimum absolute atomic E-state index is 0. The summed E-state index contributed by atoms with van der Waals surface area (Å²) in [6.07, 6.45) is 0. The van der Waals surface area contributed by atoms with E-state index in [-0.39, 0.29) is 48.0 Å². The van der Waals surface area contributed by atoms with Gasteiger partial charge in [-0.2, -0.15) is 0 Å². The van der Waals surface area contributed by atoms with Gasteiger partial charge in [0.2, 0.25) is 0 Å². The van der Waals surface area contributed by atoms with Crippen LogP contribution in [0.2, 0.25) is 0 Å². The summed E-state index contributed by atoms with van der Waals surface area (Å²) in [5.41, 5.74) is 1.27. The van der Waals surface area contributed by atoms with Gasteiger partial charge in [-0.05, 0) is 33.2 Å². The van der Waals surface area contributed by atoms with E-state index in [9.17, 15) is 0 Å². The number of likely N-dealkylation sites (N-methyl/N-ethyl adjacent to an activating group) is 2. The first-order valence-corrected chi connectivity index (χ1v) is 6.55. The van der Waals surface area contributed by atoms with Crippen molar-refractivity contribution in [2.45, 2.75) is 6.92 Å². The molecule has 0 aromatic heterocycles. The van der Waals surface area contributed by atoms with Crippen LogP contribution in [0.15, 0.2) is 24.3 Å². The number of halogens is 2. The third-order valence-electron chi connectivity index (χ3n) is 3.14. The van der Waals surface area contributed by atoms with Gasteiger partial charge in [0.1, 0.15) is 18.9 Å². The minimum Gasteiger partial charge on any atom is -1.00 e. The molecule has 0 unspecified atom stereocenters. The van der Waals surface area contributed by atoms with E-state index < -0.39 is 0 Å². The first-order chi connectivity index (χ1) is 8.39. The normalized spacial score (nSPS) is 10.7. The Labute approximate surface area is 158 Å². The number of aryl methyl sites for hydroxylation is 1. The molecule has 0 saturated heterocycles. The number of rotatable bonds is 7. The maximum Gasteiger partial charge on any atom is 0.137 e. The maximum atomic E-state index is 5.77. The van der Waals surface area contributed by atoms with Crippen molar-refractivity contribution in [3.63, 3.8) is 0 Å². The number of quaternary nitrogens is 1. The molecule has 0 bridgehead atoms. The van der Waals surface area contributed by atoms with Crippen LogP contribution in [-0.2, 0) is 0 Å². The molecule has 0 aliphatic carbocycles. The lowest BCUT2D eigenvalue weighted by atomic mass is 10.2. The standard InChI is InChI=1S/C15H27N2O.2HI/c1-14-6-8-15(9-7-14)18-13-12-17(4,5)11-10-16(2)3;;/h6-9H,10-13H2,1-5H3;2*1H/q+1;;/p-2. The van der Waals surface area contributed by atoms with Gasteiger partial charge in [-0.25, -0.2) is 0 Å². The molecule has 0 aliphatic heterocycles. The molecule has 0 radical (unpaired) electrons. The van der Waals surface area contributed by atoms with Crippen LogP contribution in [0.3, 0.4) is 0 Å². The van der Waals surface area contributed by atoms with Crippen molar-refractivity contribution in [1.29, 1.82) is 0 Å². The number of hydrogen-bond acceptors (Lipinski definition) is 2. The van der Waals surface area contributed by atoms with Crippen LogP contribution >= 0.6 is 0 Å². The summed E-state index contributed by atoms with van der Waals surface area (Å²) >= 11 is 0. The molecule has 0 spiro atoms. The highest BCUT2D eigenvalue weighted by molar-refractivity contribution is 5.26. The number of ether oxygens (including phenoxy) is 1. The van der Waals surface area contributed by atoms with Crippen molar-refractivity contribution in [2.24, 2.45) is 0 Å². The molecule has 0 fully saturated rings. The van der Waals surface area contributed by atoms with Crippen LogP contribution in [0, 0.1) is 6.92 Å². The highest BCUT2D eigenvalue weighted by Crippen LogP contribution is 2.11. The van der Waals surface area contributed by atoms with Crippen molar-refractivity contribution in [2.75, 3.05) is 54.4 Å². The summed E-state index contributed by atoms with van der Waals surface area (Å²) in [5.74, 6) is 0.966. The largest absolute Gasteiger partial charge is 1.00 e. The summed E-state index contributed by atoms with van der Waals surface area (Å²) in [5, 5.41) is 0. The molecule has 20 heavy (non-hydrogen) atoms. The van der Waals surface area contributed by atoms with Gasteiger partial charge in [0.15, 0.2) is 0 Å². The van der Waals surface area contributed by atoms with Gasteiger partial charge >= 0.3 is 0 Å². The van der Waals surface area contributed by atoms with Gasteiger partial charge in [-0.1, -0.05) is 17.7 Å². The van der Waals surface area contributed by atoms with E-state index in [1.807, 2.05) is 12.1 Å². The summed E-state index contributed by atoms with van der Waals surface area (Å²) in [4.78, 5) is 2.22. The van der Waals surface area contributed by atoms with Gasteiger partial charge < -0.3 is 62.1 Å². The predicted octanol–water partition coefficient (Wildman–Crippen LogP) is -3.98. The third-order valence-corrected chi connectivity index (χ3v) is 3.14. The Balaban J connectivity index is 0. The lowest BCUT2D eigenvalue weighted by molar-refractivity contribution is -0.889. The highest BCUT2D eigenvalue weighted by atomic mass is 127. The second-order valence-corrected chi connectivity index (χ2v) is 5.85. The topological polar surface area (TPSA) is 12.5 Å². The fraction of sp³-hybridized carbons (Fsp3) is 0.600. The van der Waals surface area contributed by atoms with Crippen molar-refractivity contribution in [3.05, 3.63) is 29.8 Å². The van der Waals surface area contributed by atoms with E-state index in [1.54, 1.807) is 0 Å². The second kappa shape index (κ2) is 11.0. The molecule has 1 aromatic rings. The van der Waals surface area contributed by atoms with Gasteiger partial charge in [0, 0.05) is 6.54 Å². The van der Waals surface area contributed by atoms with Crippen LogP contribution in [0.4, 0.5) is 0 Å². The summed E-state index contributed by atoms with van der Waals surface area (Å²) in [6.45, 7) is 6.14. The average Bonchev–Trinajstić information content (AvgIpc) is 2.29. The first kappa shape index (κ1) is 22.7.